The van der Waals surface area contributed by atoms with E-state index in [0.717, 1.165) is 0 Å². The number of rotatable bonds is 2. The second-order valence-corrected chi connectivity index (χ2v) is 4.57. The minimum atomic E-state index is -4.76. The molecular formula is C18H13F3O. The fraction of sp³-hybridized carbons (Fsp3) is 0.111. The van der Waals surface area contributed by atoms with Gasteiger partial charge in [0.1, 0.15) is 0 Å². The average Bonchev–Trinajstić information content (AvgIpc) is 2.52. The molecule has 0 spiro atoms. The predicted molar refractivity (Wildman–Crippen MR) is 79.8 cm³/mol. The molecule has 112 valence electrons. The summed E-state index contributed by atoms with van der Waals surface area (Å²) in [6.45, 7) is 0. The van der Waals surface area contributed by atoms with Crippen LogP contribution in [-0.4, -0.2) is 17.4 Å². The van der Waals surface area contributed by atoms with E-state index in [2.05, 4.69) is 11.8 Å². The van der Waals surface area contributed by atoms with Crippen LogP contribution in [0.15, 0.2) is 66.2 Å². The van der Waals surface area contributed by atoms with Crippen LogP contribution in [0.5, 0.6) is 0 Å². The molecule has 0 aromatic heterocycles. The van der Waals surface area contributed by atoms with Gasteiger partial charge in [0.15, 0.2) is 6.10 Å². The van der Waals surface area contributed by atoms with Crippen LogP contribution in [0.1, 0.15) is 11.1 Å². The zero-order valence-corrected chi connectivity index (χ0v) is 11.5. The highest BCUT2D eigenvalue weighted by atomic mass is 19.4. The average molecular weight is 302 g/mol. The molecule has 2 aromatic carbocycles. The number of hydrogen-bond acceptors (Lipinski definition) is 1. The zero-order valence-electron chi connectivity index (χ0n) is 11.5. The molecule has 1 atom stereocenters. The third-order valence-electron chi connectivity index (χ3n) is 2.85. The van der Waals surface area contributed by atoms with Crippen LogP contribution in [0, 0.1) is 11.8 Å². The molecule has 0 saturated heterocycles. The first-order valence-electron chi connectivity index (χ1n) is 6.55. The van der Waals surface area contributed by atoms with Gasteiger partial charge in [-0.2, -0.15) is 13.2 Å². The Balaban J connectivity index is 2.39. The molecule has 0 radical (unpaired) electrons. The van der Waals surface area contributed by atoms with E-state index in [1.807, 2.05) is 0 Å². The van der Waals surface area contributed by atoms with Crippen LogP contribution in [0.2, 0.25) is 0 Å². The topological polar surface area (TPSA) is 20.2 Å². The summed E-state index contributed by atoms with van der Waals surface area (Å²) >= 11 is 0. The first kappa shape index (κ1) is 15.9. The van der Waals surface area contributed by atoms with E-state index in [1.54, 1.807) is 60.7 Å². The highest BCUT2D eigenvalue weighted by Crippen LogP contribution is 2.26. The largest absolute Gasteiger partial charge is 0.419 e. The van der Waals surface area contributed by atoms with Crippen molar-refractivity contribution in [1.29, 1.82) is 0 Å². The minimum Gasteiger partial charge on any atom is -0.379 e. The Morgan fingerprint density at radius 2 is 1.50 bits per heavy atom. The summed E-state index contributed by atoms with van der Waals surface area (Å²) in [4.78, 5) is 0. The second-order valence-electron chi connectivity index (χ2n) is 4.57. The van der Waals surface area contributed by atoms with E-state index in [1.165, 1.54) is 6.08 Å². The summed E-state index contributed by atoms with van der Waals surface area (Å²) < 4.78 is 38.3. The first-order valence-corrected chi connectivity index (χ1v) is 6.55. The van der Waals surface area contributed by atoms with Crippen molar-refractivity contribution < 1.29 is 18.3 Å². The van der Waals surface area contributed by atoms with E-state index in [4.69, 9.17) is 0 Å². The Hall–Kier alpha value is -2.51. The normalized spacial score (nSPS) is 13.2. The molecule has 1 unspecified atom stereocenters. The molecule has 2 rings (SSSR count). The van der Waals surface area contributed by atoms with Crippen LogP contribution >= 0.6 is 0 Å². The molecule has 0 aliphatic carbocycles. The molecule has 22 heavy (non-hydrogen) atoms. The van der Waals surface area contributed by atoms with E-state index in [9.17, 15) is 18.3 Å². The van der Waals surface area contributed by atoms with Crippen molar-refractivity contribution in [2.24, 2.45) is 0 Å². The minimum absolute atomic E-state index is 0.387. The molecule has 0 amide bonds. The van der Waals surface area contributed by atoms with Gasteiger partial charge in [-0.25, -0.2) is 0 Å². The third kappa shape index (κ3) is 4.51. The van der Waals surface area contributed by atoms with Gasteiger partial charge in [0.2, 0.25) is 0 Å². The monoisotopic (exact) mass is 302 g/mol. The highest BCUT2D eigenvalue weighted by Gasteiger charge is 2.40. The second kappa shape index (κ2) is 6.97. The maximum atomic E-state index is 12.8. The molecule has 4 heteroatoms. The lowest BCUT2D eigenvalue weighted by atomic mass is 10.0. The predicted octanol–water partition coefficient (Wildman–Crippen LogP) is 4.04. The number of alkyl halides is 3. The van der Waals surface area contributed by atoms with Crippen molar-refractivity contribution in [1.82, 2.24) is 0 Å². The molecule has 0 aliphatic heterocycles. The summed E-state index contributed by atoms with van der Waals surface area (Å²) in [6, 6.07) is 17.1. The Kier molecular flexibility index (Phi) is 5.03. The van der Waals surface area contributed by atoms with Gasteiger partial charge in [-0.05, 0) is 23.8 Å². The summed E-state index contributed by atoms with van der Waals surface area (Å²) in [6.07, 6.45) is -6.12. The number of halogens is 3. The van der Waals surface area contributed by atoms with Gasteiger partial charge in [0.25, 0.3) is 0 Å². The Bertz CT molecular complexity index is 692. The van der Waals surface area contributed by atoms with Crippen LogP contribution in [0.25, 0.3) is 6.08 Å². The van der Waals surface area contributed by atoms with Gasteiger partial charge in [-0.3, -0.25) is 0 Å². The zero-order chi connectivity index (χ0) is 16.0. The maximum absolute atomic E-state index is 12.8. The lowest BCUT2D eigenvalue weighted by molar-refractivity contribution is -0.189. The Labute approximate surface area is 126 Å². The van der Waals surface area contributed by atoms with E-state index in [0.29, 0.717) is 11.1 Å². The van der Waals surface area contributed by atoms with Crippen molar-refractivity contribution in [3.05, 3.63) is 77.4 Å². The lowest BCUT2D eigenvalue weighted by Crippen LogP contribution is -2.29. The van der Waals surface area contributed by atoms with E-state index >= 15 is 0 Å². The molecule has 2 aromatic rings. The molecule has 0 heterocycles. The van der Waals surface area contributed by atoms with E-state index in [-0.39, 0.29) is 5.57 Å². The number of aliphatic hydroxyl groups is 1. The summed E-state index contributed by atoms with van der Waals surface area (Å²) in [7, 11) is 0. The standard InChI is InChI=1S/C18H13F3O/c19-18(20,21)17(22)16(13-15-9-5-2-6-10-15)12-11-14-7-3-1-4-8-14/h1-10,13,17,22H/b16-13+. The molecular weight excluding hydrogens is 289 g/mol. The fourth-order valence-electron chi connectivity index (χ4n) is 1.75. The fourth-order valence-corrected chi connectivity index (χ4v) is 1.75. The van der Waals surface area contributed by atoms with Crippen molar-refractivity contribution in [3.8, 4) is 11.8 Å². The van der Waals surface area contributed by atoms with Crippen LogP contribution in [-0.2, 0) is 0 Å². The van der Waals surface area contributed by atoms with Gasteiger partial charge < -0.3 is 5.11 Å². The van der Waals surface area contributed by atoms with Gasteiger partial charge in [-0.1, -0.05) is 60.4 Å². The van der Waals surface area contributed by atoms with Crippen molar-refractivity contribution in [2.75, 3.05) is 0 Å². The molecule has 1 nitrogen and oxygen atoms in total. The highest BCUT2D eigenvalue weighted by molar-refractivity contribution is 5.60. The summed E-state index contributed by atoms with van der Waals surface area (Å²) in [5.41, 5.74) is 0.738. The molecule has 0 saturated carbocycles. The number of aliphatic hydroxyl groups excluding tert-OH is 1. The number of benzene rings is 2. The first-order chi connectivity index (χ1) is 10.5. The van der Waals surface area contributed by atoms with Crippen molar-refractivity contribution >= 4 is 6.08 Å². The number of hydrogen-bond donors (Lipinski definition) is 1. The SMILES string of the molecule is OC(/C(C#Cc1ccccc1)=C/c1ccccc1)C(F)(F)F. The van der Waals surface area contributed by atoms with Crippen LogP contribution < -0.4 is 0 Å². The van der Waals surface area contributed by atoms with Gasteiger partial charge >= 0.3 is 6.18 Å². The van der Waals surface area contributed by atoms with Crippen LogP contribution in [0.3, 0.4) is 0 Å². The maximum Gasteiger partial charge on any atom is 0.419 e. The smallest absolute Gasteiger partial charge is 0.379 e. The van der Waals surface area contributed by atoms with Gasteiger partial charge in [0, 0.05) is 11.1 Å². The summed E-state index contributed by atoms with van der Waals surface area (Å²) in [5, 5.41) is 9.49. The van der Waals surface area contributed by atoms with Gasteiger partial charge in [0.05, 0.1) is 0 Å². The quantitative estimate of drug-likeness (QED) is 0.830. The molecule has 0 fully saturated rings. The molecule has 1 N–H and O–H groups in total. The lowest BCUT2D eigenvalue weighted by Gasteiger charge is -2.14. The molecule has 0 bridgehead atoms. The summed E-state index contributed by atoms with van der Waals surface area (Å²) in [5.74, 6) is 5.07. The third-order valence-corrected chi connectivity index (χ3v) is 2.85. The Morgan fingerprint density at radius 1 is 0.955 bits per heavy atom. The Morgan fingerprint density at radius 3 is 2.05 bits per heavy atom. The molecule has 0 aliphatic rings. The van der Waals surface area contributed by atoms with E-state index < -0.39 is 12.3 Å². The van der Waals surface area contributed by atoms with Crippen LogP contribution in [0.4, 0.5) is 13.2 Å². The van der Waals surface area contributed by atoms with Gasteiger partial charge in [-0.15, -0.1) is 0 Å². The van der Waals surface area contributed by atoms with Crippen molar-refractivity contribution in [3.63, 3.8) is 0 Å². The van der Waals surface area contributed by atoms with Crippen molar-refractivity contribution in [2.45, 2.75) is 12.3 Å².